The molecular weight excluding hydrogens is 575 g/mol. The monoisotopic (exact) mass is 601 g/mol. The van der Waals surface area contributed by atoms with Crippen LogP contribution in [0.3, 0.4) is 0 Å². The summed E-state index contributed by atoms with van der Waals surface area (Å²) in [6.45, 7) is 3.00. The Bertz CT molecular complexity index is 2060. The van der Waals surface area contributed by atoms with Crippen LogP contribution in [0.5, 0.6) is 0 Å². The number of likely N-dealkylation sites (tertiary alicyclic amines) is 1. The van der Waals surface area contributed by atoms with Crippen molar-refractivity contribution in [2.24, 2.45) is 0 Å². The van der Waals surface area contributed by atoms with Crippen LogP contribution < -0.4 is 5.69 Å². The summed E-state index contributed by atoms with van der Waals surface area (Å²) in [6.07, 6.45) is 1.16. The van der Waals surface area contributed by atoms with Crippen LogP contribution in [0, 0.1) is 5.82 Å². The summed E-state index contributed by atoms with van der Waals surface area (Å²) < 4.78 is 55.5. The van der Waals surface area contributed by atoms with Gasteiger partial charge in [0.15, 0.2) is 0 Å². The maximum atomic E-state index is 15.9. The van der Waals surface area contributed by atoms with Gasteiger partial charge in [-0.1, -0.05) is 12.1 Å². The average molecular weight is 602 g/mol. The van der Waals surface area contributed by atoms with Gasteiger partial charge in [0.1, 0.15) is 5.82 Å². The Morgan fingerprint density at radius 3 is 2.66 bits per heavy atom. The maximum absolute atomic E-state index is 15.9. The lowest BCUT2D eigenvalue weighted by Crippen LogP contribution is -2.48. The summed E-state index contributed by atoms with van der Waals surface area (Å²) in [7, 11) is 0. The van der Waals surface area contributed by atoms with E-state index in [0.29, 0.717) is 53.7 Å². The fourth-order valence-corrected chi connectivity index (χ4v) is 6.32. The Morgan fingerprint density at radius 2 is 1.91 bits per heavy atom. The molecule has 0 amide bonds. The number of H-pyrrole nitrogens is 1. The van der Waals surface area contributed by atoms with Crippen molar-refractivity contribution < 1.29 is 22.3 Å². The zero-order valence-corrected chi connectivity index (χ0v) is 23.3. The third-order valence-corrected chi connectivity index (χ3v) is 8.65. The normalized spacial score (nSPS) is 17.8. The number of aromatic amines is 1. The minimum Gasteiger partial charge on any atom is -0.415 e. The molecule has 4 aromatic heterocycles. The van der Waals surface area contributed by atoms with E-state index in [2.05, 4.69) is 25.1 Å². The van der Waals surface area contributed by atoms with Gasteiger partial charge in [0.2, 0.25) is 5.89 Å². The smallest absolute Gasteiger partial charge is 0.329 e. The van der Waals surface area contributed by atoms with E-state index in [9.17, 15) is 13.6 Å². The number of ether oxygens (including phenoxy) is 1. The van der Waals surface area contributed by atoms with E-state index in [1.807, 2.05) is 30.5 Å². The highest BCUT2D eigenvalue weighted by Crippen LogP contribution is 2.35. The van der Waals surface area contributed by atoms with E-state index in [1.165, 1.54) is 16.8 Å². The van der Waals surface area contributed by atoms with Gasteiger partial charge < -0.3 is 14.1 Å². The van der Waals surface area contributed by atoms with Gasteiger partial charge in [-0.3, -0.25) is 19.0 Å². The molecule has 0 saturated carbocycles. The summed E-state index contributed by atoms with van der Waals surface area (Å²) in [5.74, 6) is -1.29. The molecule has 8 rings (SSSR count). The molecule has 0 bridgehead atoms. The van der Waals surface area contributed by atoms with Gasteiger partial charge in [-0.15, -0.1) is 10.2 Å². The number of rotatable bonds is 7. The number of benzene rings is 2. The van der Waals surface area contributed by atoms with Crippen LogP contribution in [0.25, 0.3) is 44.5 Å². The van der Waals surface area contributed by atoms with E-state index >= 15 is 4.39 Å². The first-order valence-electron chi connectivity index (χ1n) is 14.3. The molecule has 2 aromatic carbocycles. The molecule has 1 unspecified atom stereocenters. The van der Waals surface area contributed by atoms with Crippen LogP contribution in [-0.4, -0.2) is 66.5 Å². The Hall–Kier alpha value is -4.75. The van der Waals surface area contributed by atoms with Crippen molar-refractivity contribution in [2.45, 2.75) is 31.5 Å². The molecular formula is C31H26F3N7O3. The van der Waals surface area contributed by atoms with Gasteiger partial charge in [-0.05, 0) is 42.3 Å². The summed E-state index contributed by atoms with van der Waals surface area (Å²) in [4.78, 5) is 24.1. The number of nitrogens with zero attached hydrogens (tertiary/aromatic N) is 6. The van der Waals surface area contributed by atoms with Crippen molar-refractivity contribution >= 4 is 21.9 Å². The molecule has 6 heterocycles. The Balaban J connectivity index is 1.21. The number of pyridine rings is 1. The average Bonchev–Trinajstić information content (AvgIpc) is 3.80. The number of hydrogen-bond donors (Lipinski definition) is 1. The van der Waals surface area contributed by atoms with E-state index in [1.54, 1.807) is 22.8 Å². The number of fused-ring (bicyclic) bond motifs is 2. The molecule has 2 aliphatic rings. The molecule has 6 aromatic rings. The van der Waals surface area contributed by atoms with E-state index in [0.717, 1.165) is 29.4 Å². The molecule has 10 nitrogen and oxygen atoms in total. The van der Waals surface area contributed by atoms with E-state index < -0.39 is 18.1 Å². The van der Waals surface area contributed by atoms with Crippen LogP contribution in [0.4, 0.5) is 13.2 Å². The standard InChI is InChI=1S/C31H26F3N7O3/c32-24-11-26-27(10-23(24)21-2-1-3-25-22(21)6-8-35-25)41(19-7-9-39(14-19)20-15-43-16-20)31(42)40(26)13-18-5-4-17(12-36-18)29-37-38-30(44-29)28(33)34/h1-6,8,10-12,19-20,28,35H,7,9,13-16H2. The maximum Gasteiger partial charge on any atom is 0.329 e. The summed E-state index contributed by atoms with van der Waals surface area (Å²) >= 11 is 0. The minimum absolute atomic E-state index is 0.0772. The number of hydrogen-bond acceptors (Lipinski definition) is 7. The third kappa shape index (κ3) is 4.42. The zero-order chi connectivity index (χ0) is 29.9. The fraction of sp³-hybridized carbons (Fsp3) is 0.290. The second-order valence-electron chi connectivity index (χ2n) is 11.2. The molecule has 13 heteroatoms. The largest absolute Gasteiger partial charge is 0.415 e. The lowest BCUT2D eigenvalue weighted by molar-refractivity contribution is -0.0578. The van der Waals surface area contributed by atoms with Crippen molar-refractivity contribution in [1.82, 2.24) is 34.2 Å². The van der Waals surface area contributed by atoms with Gasteiger partial charge in [-0.2, -0.15) is 8.78 Å². The highest BCUT2D eigenvalue weighted by atomic mass is 19.3. The predicted octanol–water partition coefficient (Wildman–Crippen LogP) is 5.17. The second-order valence-corrected chi connectivity index (χ2v) is 11.2. The quantitative estimate of drug-likeness (QED) is 0.269. The summed E-state index contributed by atoms with van der Waals surface area (Å²) in [5.41, 5.74) is 3.80. The molecule has 1 N–H and O–H groups in total. The number of halogens is 3. The molecule has 224 valence electrons. The van der Waals surface area contributed by atoms with Gasteiger partial charge >= 0.3 is 12.1 Å². The Labute approximate surface area is 247 Å². The SMILES string of the molecule is O=c1n(Cc2ccc(-c3nnc(C(F)F)o3)cn2)c2cc(F)c(-c3cccc4[nH]ccc34)cc2n1C1CCN(C2COC2)C1. The number of imidazole rings is 1. The molecule has 0 aliphatic carbocycles. The second kappa shape index (κ2) is 10.5. The van der Waals surface area contributed by atoms with Crippen molar-refractivity contribution in [1.29, 1.82) is 0 Å². The Morgan fingerprint density at radius 1 is 1.02 bits per heavy atom. The first-order valence-corrected chi connectivity index (χ1v) is 14.3. The third-order valence-electron chi connectivity index (χ3n) is 8.65. The highest BCUT2D eigenvalue weighted by molar-refractivity contribution is 5.97. The van der Waals surface area contributed by atoms with Gasteiger partial charge in [-0.25, -0.2) is 9.18 Å². The number of aromatic nitrogens is 6. The first kappa shape index (κ1) is 26.8. The number of nitrogens with one attached hydrogen (secondary N) is 1. The molecule has 2 fully saturated rings. The molecule has 2 saturated heterocycles. The molecule has 0 spiro atoms. The first-order chi connectivity index (χ1) is 21.4. The van der Waals surface area contributed by atoms with Crippen molar-refractivity contribution in [2.75, 3.05) is 26.3 Å². The lowest BCUT2D eigenvalue weighted by atomic mass is 10.0. The predicted molar refractivity (Wildman–Crippen MR) is 155 cm³/mol. The summed E-state index contributed by atoms with van der Waals surface area (Å²) in [5, 5.41) is 7.91. The molecule has 44 heavy (non-hydrogen) atoms. The lowest BCUT2D eigenvalue weighted by Gasteiger charge is -2.34. The van der Waals surface area contributed by atoms with Crippen molar-refractivity contribution in [3.8, 4) is 22.6 Å². The van der Waals surface area contributed by atoms with Crippen molar-refractivity contribution in [3.05, 3.63) is 88.8 Å². The van der Waals surface area contributed by atoms with Crippen molar-refractivity contribution in [3.63, 3.8) is 0 Å². The van der Waals surface area contributed by atoms with Crippen LogP contribution in [-0.2, 0) is 11.3 Å². The van der Waals surface area contributed by atoms with Gasteiger partial charge in [0.05, 0.1) is 54.1 Å². The number of alkyl halides is 2. The minimum atomic E-state index is -2.88. The molecule has 0 radical (unpaired) electrons. The van der Waals surface area contributed by atoms with E-state index in [-0.39, 0.29) is 24.2 Å². The van der Waals surface area contributed by atoms with Crippen LogP contribution in [0.2, 0.25) is 0 Å². The van der Waals surface area contributed by atoms with Crippen LogP contribution in [0.15, 0.2) is 70.1 Å². The van der Waals surface area contributed by atoms with E-state index in [4.69, 9.17) is 9.15 Å². The highest BCUT2D eigenvalue weighted by Gasteiger charge is 2.35. The topological polar surface area (TPSA) is 107 Å². The van der Waals surface area contributed by atoms with Crippen LogP contribution >= 0.6 is 0 Å². The molecule has 1 atom stereocenters. The fourth-order valence-electron chi connectivity index (χ4n) is 6.32. The van der Waals surface area contributed by atoms with Crippen LogP contribution in [0.1, 0.15) is 30.5 Å². The zero-order valence-electron chi connectivity index (χ0n) is 23.3. The molecule has 2 aliphatic heterocycles. The summed E-state index contributed by atoms with van der Waals surface area (Å²) in [6, 6.07) is 14.4. The van der Waals surface area contributed by atoms with Gasteiger partial charge in [0.25, 0.3) is 5.89 Å². The Kier molecular flexibility index (Phi) is 6.38. The van der Waals surface area contributed by atoms with Gasteiger partial charge in [0, 0.05) is 48.0 Å².